The van der Waals surface area contributed by atoms with Gasteiger partial charge in [-0.2, -0.15) is 0 Å². The largest absolute Gasteiger partial charge is 0.493 e. The number of benzene rings is 2. The molecular weight excluding hydrogens is 374 g/mol. The Morgan fingerprint density at radius 1 is 1.13 bits per heavy atom. The molecule has 0 bridgehead atoms. The van der Waals surface area contributed by atoms with Gasteiger partial charge in [-0.25, -0.2) is 0 Å². The highest BCUT2D eigenvalue weighted by Crippen LogP contribution is 2.31. The van der Waals surface area contributed by atoms with Crippen molar-refractivity contribution in [1.82, 2.24) is 4.90 Å². The van der Waals surface area contributed by atoms with E-state index in [1.54, 1.807) is 0 Å². The van der Waals surface area contributed by atoms with Crippen molar-refractivity contribution in [1.29, 1.82) is 0 Å². The predicted molar refractivity (Wildman–Crippen MR) is 121 cm³/mol. The fourth-order valence-corrected chi connectivity index (χ4v) is 5.25. The summed E-state index contributed by atoms with van der Waals surface area (Å²) in [7, 11) is 0. The van der Waals surface area contributed by atoms with E-state index >= 15 is 0 Å². The highest BCUT2D eigenvalue weighted by Gasteiger charge is 2.33. The SMILES string of the molecule is Cc1cc(N2CCC(N3CCCC3C)C2)ccc1NC(=O)c1ccc2c(c1)CCO2. The fraction of sp³-hybridized carbons (Fsp3) is 0.480. The third-order valence-electron chi connectivity index (χ3n) is 7.01. The number of hydrogen-bond acceptors (Lipinski definition) is 4. The lowest BCUT2D eigenvalue weighted by Gasteiger charge is -2.28. The standard InChI is InChI=1S/C25H31N3O2/c1-17-14-21(27-12-9-22(16-27)28-11-3-4-18(28)2)6-7-23(17)26-25(29)20-5-8-24-19(15-20)10-13-30-24/h5-8,14-15,18,22H,3-4,9-13,16H2,1-2H3,(H,26,29). The molecule has 1 amide bonds. The molecule has 2 unspecified atom stereocenters. The first kappa shape index (κ1) is 19.4. The Morgan fingerprint density at radius 3 is 2.83 bits per heavy atom. The molecule has 158 valence electrons. The summed E-state index contributed by atoms with van der Waals surface area (Å²) < 4.78 is 5.54. The van der Waals surface area contributed by atoms with Crippen molar-refractivity contribution >= 4 is 17.3 Å². The Morgan fingerprint density at radius 2 is 2.03 bits per heavy atom. The van der Waals surface area contributed by atoms with Gasteiger partial charge in [0.2, 0.25) is 0 Å². The molecule has 0 aromatic heterocycles. The molecule has 0 saturated carbocycles. The maximum Gasteiger partial charge on any atom is 0.255 e. The second kappa shape index (κ2) is 7.95. The minimum atomic E-state index is -0.0650. The summed E-state index contributed by atoms with van der Waals surface area (Å²) >= 11 is 0. The smallest absolute Gasteiger partial charge is 0.255 e. The van der Waals surface area contributed by atoms with Crippen LogP contribution in [-0.2, 0) is 6.42 Å². The Hall–Kier alpha value is -2.53. The van der Waals surface area contributed by atoms with Gasteiger partial charge in [0.25, 0.3) is 5.91 Å². The number of likely N-dealkylation sites (tertiary alicyclic amines) is 1. The summed E-state index contributed by atoms with van der Waals surface area (Å²) in [6.07, 6.45) is 4.78. The van der Waals surface area contributed by atoms with E-state index in [1.807, 2.05) is 24.3 Å². The predicted octanol–water partition coefficient (Wildman–Crippen LogP) is 4.25. The van der Waals surface area contributed by atoms with E-state index in [0.29, 0.717) is 18.2 Å². The summed E-state index contributed by atoms with van der Waals surface area (Å²) in [5.74, 6) is 0.837. The van der Waals surface area contributed by atoms with Crippen LogP contribution >= 0.6 is 0 Å². The highest BCUT2D eigenvalue weighted by atomic mass is 16.5. The molecule has 5 heteroatoms. The van der Waals surface area contributed by atoms with Crippen molar-refractivity contribution in [2.45, 2.75) is 51.6 Å². The van der Waals surface area contributed by atoms with Crippen molar-refractivity contribution < 1.29 is 9.53 Å². The second-order valence-electron chi connectivity index (χ2n) is 8.99. The minimum absolute atomic E-state index is 0.0650. The molecule has 2 saturated heterocycles. The third kappa shape index (κ3) is 3.67. The minimum Gasteiger partial charge on any atom is -0.493 e. The molecule has 0 aliphatic carbocycles. The average molecular weight is 406 g/mol. The molecule has 2 fully saturated rings. The number of nitrogens with zero attached hydrogens (tertiary/aromatic N) is 2. The first-order valence-corrected chi connectivity index (χ1v) is 11.3. The van der Waals surface area contributed by atoms with Gasteiger partial charge in [-0.3, -0.25) is 9.69 Å². The quantitative estimate of drug-likeness (QED) is 0.826. The van der Waals surface area contributed by atoms with Crippen LogP contribution in [0, 0.1) is 6.92 Å². The van der Waals surface area contributed by atoms with E-state index in [1.165, 1.54) is 31.5 Å². The highest BCUT2D eigenvalue weighted by molar-refractivity contribution is 6.05. The van der Waals surface area contributed by atoms with Gasteiger partial charge in [0.15, 0.2) is 0 Å². The number of carbonyl (C=O) groups excluding carboxylic acids is 1. The van der Waals surface area contributed by atoms with Gasteiger partial charge < -0.3 is 15.0 Å². The van der Waals surface area contributed by atoms with E-state index in [2.05, 4.69) is 41.1 Å². The average Bonchev–Trinajstić information content (AvgIpc) is 3.48. The Balaban J connectivity index is 1.25. The van der Waals surface area contributed by atoms with Gasteiger partial charge in [-0.1, -0.05) is 0 Å². The zero-order chi connectivity index (χ0) is 20.7. The van der Waals surface area contributed by atoms with Gasteiger partial charge >= 0.3 is 0 Å². The van der Waals surface area contributed by atoms with Crippen LogP contribution in [0.4, 0.5) is 11.4 Å². The first-order chi connectivity index (χ1) is 14.6. The zero-order valence-electron chi connectivity index (χ0n) is 18.0. The van der Waals surface area contributed by atoms with E-state index in [0.717, 1.165) is 48.1 Å². The summed E-state index contributed by atoms with van der Waals surface area (Å²) in [5.41, 5.74) is 5.04. The van der Waals surface area contributed by atoms with Crippen LogP contribution < -0.4 is 15.0 Å². The normalized spacial score (nSPS) is 23.5. The van der Waals surface area contributed by atoms with Gasteiger partial charge in [-0.05, 0) is 87.2 Å². The van der Waals surface area contributed by atoms with Gasteiger partial charge in [-0.15, -0.1) is 0 Å². The molecule has 0 spiro atoms. The number of hydrogen-bond donors (Lipinski definition) is 1. The number of amides is 1. The molecule has 5 rings (SSSR count). The number of anilines is 2. The molecule has 2 aromatic rings. The Bertz CT molecular complexity index is 957. The van der Waals surface area contributed by atoms with Crippen LogP contribution in [0.15, 0.2) is 36.4 Å². The third-order valence-corrected chi connectivity index (χ3v) is 7.01. The lowest BCUT2D eigenvalue weighted by atomic mass is 10.1. The van der Waals surface area contributed by atoms with Crippen molar-refractivity contribution in [3.05, 3.63) is 53.1 Å². The summed E-state index contributed by atoms with van der Waals surface area (Å²) in [5, 5.41) is 3.09. The molecule has 30 heavy (non-hydrogen) atoms. The molecule has 0 radical (unpaired) electrons. The van der Waals surface area contributed by atoms with Gasteiger partial charge in [0.05, 0.1) is 6.61 Å². The summed E-state index contributed by atoms with van der Waals surface area (Å²) in [4.78, 5) is 18.0. The molecule has 2 aromatic carbocycles. The molecule has 3 heterocycles. The zero-order valence-corrected chi connectivity index (χ0v) is 18.0. The van der Waals surface area contributed by atoms with Crippen LogP contribution in [0.2, 0.25) is 0 Å². The van der Waals surface area contributed by atoms with Gasteiger partial charge in [0, 0.05) is 48.5 Å². The number of nitrogens with one attached hydrogen (secondary N) is 1. The second-order valence-corrected chi connectivity index (χ2v) is 8.99. The van der Waals surface area contributed by atoms with E-state index in [-0.39, 0.29) is 5.91 Å². The van der Waals surface area contributed by atoms with Crippen molar-refractivity contribution in [2.75, 3.05) is 36.5 Å². The number of fused-ring (bicyclic) bond motifs is 1. The Labute approximate surface area is 179 Å². The number of ether oxygens (including phenoxy) is 1. The topological polar surface area (TPSA) is 44.8 Å². The molecule has 5 nitrogen and oxygen atoms in total. The molecular formula is C25H31N3O2. The lowest BCUT2D eigenvalue weighted by Crippen LogP contribution is -2.39. The Kier molecular flexibility index (Phi) is 5.15. The van der Waals surface area contributed by atoms with Crippen molar-refractivity contribution in [3.8, 4) is 5.75 Å². The van der Waals surface area contributed by atoms with Crippen LogP contribution in [0.5, 0.6) is 5.75 Å². The van der Waals surface area contributed by atoms with Crippen LogP contribution in [0.3, 0.4) is 0 Å². The number of carbonyl (C=O) groups is 1. The van der Waals surface area contributed by atoms with E-state index in [9.17, 15) is 4.79 Å². The van der Waals surface area contributed by atoms with Crippen LogP contribution in [0.25, 0.3) is 0 Å². The molecule has 3 aliphatic heterocycles. The molecule has 2 atom stereocenters. The van der Waals surface area contributed by atoms with E-state index in [4.69, 9.17) is 4.74 Å². The lowest BCUT2D eigenvalue weighted by molar-refractivity contribution is 0.102. The molecule has 1 N–H and O–H groups in total. The van der Waals surface area contributed by atoms with Crippen molar-refractivity contribution in [3.63, 3.8) is 0 Å². The maximum atomic E-state index is 12.8. The van der Waals surface area contributed by atoms with Gasteiger partial charge in [0.1, 0.15) is 5.75 Å². The number of rotatable bonds is 4. The van der Waals surface area contributed by atoms with E-state index < -0.39 is 0 Å². The monoisotopic (exact) mass is 405 g/mol. The number of aryl methyl sites for hydroxylation is 1. The molecule has 3 aliphatic rings. The fourth-order valence-electron chi connectivity index (χ4n) is 5.25. The van der Waals surface area contributed by atoms with Crippen molar-refractivity contribution in [2.24, 2.45) is 0 Å². The van der Waals surface area contributed by atoms with Crippen LogP contribution in [0.1, 0.15) is 47.7 Å². The maximum absolute atomic E-state index is 12.8. The summed E-state index contributed by atoms with van der Waals surface area (Å²) in [6.45, 7) is 8.60. The van der Waals surface area contributed by atoms with Crippen LogP contribution in [-0.4, -0.2) is 49.1 Å². The summed E-state index contributed by atoms with van der Waals surface area (Å²) in [6, 6.07) is 13.5. The first-order valence-electron chi connectivity index (χ1n) is 11.3.